The van der Waals surface area contributed by atoms with Crippen LogP contribution in [-0.4, -0.2) is 120 Å². The summed E-state index contributed by atoms with van der Waals surface area (Å²) in [6.45, 7) is 0.971. The Labute approximate surface area is 434 Å². The first kappa shape index (κ1) is 59.2. The number of fused-ring (bicyclic) bond motifs is 1. The van der Waals surface area contributed by atoms with Crippen molar-refractivity contribution in [2.75, 3.05) is 19.6 Å². The van der Waals surface area contributed by atoms with Gasteiger partial charge in [0.2, 0.25) is 35.4 Å². The topological polar surface area (TPSA) is 410 Å². The molecule has 6 amide bonds. The van der Waals surface area contributed by atoms with E-state index in [9.17, 15) is 43.2 Å². The summed E-state index contributed by atoms with van der Waals surface area (Å²) in [5.41, 5.74) is 36.0. The number of Topliss-reactive ketones (excluding diaryl/α,β-unsaturated/α-hetero) is 3. The minimum Gasteiger partial charge on any atom is -0.370 e. The van der Waals surface area contributed by atoms with Crippen molar-refractivity contribution in [3.63, 3.8) is 0 Å². The molecule has 23 nitrogen and oxygen atoms in total. The molecular weight excluding hydrogens is 976 g/mol. The third kappa shape index (κ3) is 19.9. The number of nitrogens with one attached hydrogen (secondary N) is 6. The van der Waals surface area contributed by atoms with Gasteiger partial charge in [-0.1, -0.05) is 48.4 Å². The quantitative estimate of drug-likeness (QED) is 0.0469. The summed E-state index contributed by atoms with van der Waals surface area (Å²) in [4.78, 5) is 135. The molecule has 24 heteroatoms. The second-order valence-corrected chi connectivity index (χ2v) is 18.9. The van der Waals surface area contributed by atoms with Crippen LogP contribution in [0.4, 0.5) is 0 Å². The number of H-pyrrole nitrogens is 1. The summed E-state index contributed by atoms with van der Waals surface area (Å²) >= 11 is 6.33. The van der Waals surface area contributed by atoms with Crippen molar-refractivity contribution in [1.82, 2.24) is 31.6 Å². The lowest BCUT2D eigenvalue weighted by molar-refractivity contribution is -0.135. The molecule has 0 spiro atoms. The maximum Gasteiger partial charge on any atom is 0.244 e. The Morgan fingerprint density at radius 2 is 1.45 bits per heavy atom. The van der Waals surface area contributed by atoms with Gasteiger partial charge in [0.05, 0.1) is 6.04 Å². The lowest BCUT2D eigenvalue weighted by Crippen LogP contribution is -2.59. The number of amides is 6. The fraction of sp³-hybridized carbons (Fsp3) is 0.500. The molecule has 7 atom stereocenters. The van der Waals surface area contributed by atoms with Gasteiger partial charge in [0.15, 0.2) is 17.7 Å². The van der Waals surface area contributed by atoms with Crippen LogP contribution in [0.2, 0.25) is 5.02 Å². The van der Waals surface area contributed by atoms with Gasteiger partial charge in [0.1, 0.15) is 35.7 Å². The fourth-order valence-corrected chi connectivity index (χ4v) is 8.91. The summed E-state index contributed by atoms with van der Waals surface area (Å²) in [6.07, 6.45) is 1.65. The zero-order valence-corrected chi connectivity index (χ0v) is 42.4. The molecule has 0 radical (unpaired) electrons. The number of primary amides is 1. The first-order valence-electron chi connectivity index (χ1n) is 24.7. The van der Waals surface area contributed by atoms with Gasteiger partial charge in [-0.15, -0.1) is 0 Å². The summed E-state index contributed by atoms with van der Waals surface area (Å²) < 4.78 is 0. The van der Waals surface area contributed by atoms with Crippen LogP contribution in [0.5, 0.6) is 0 Å². The van der Waals surface area contributed by atoms with Gasteiger partial charge in [0, 0.05) is 86.2 Å². The molecule has 402 valence electrons. The lowest BCUT2D eigenvalue weighted by Gasteiger charge is -2.27. The number of aliphatic imine (C=N–C) groups is 2. The summed E-state index contributed by atoms with van der Waals surface area (Å²) in [7, 11) is 0. The molecule has 1 aliphatic heterocycles. The number of rotatable bonds is 17. The van der Waals surface area contributed by atoms with Crippen molar-refractivity contribution >= 4 is 87.2 Å². The molecule has 3 aromatic rings. The highest BCUT2D eigenvalue weighted by molar-refractivity contribution is 6.30. The monoisotopic (exact) mass is 1050 g/mol. The SMILES string of the molecule is CC(=O)N[C@@H](CCCN=C(N)N)C(=O)N[C@H]1CCC(=O)CCCC[C@@H](C(N)=O)NC(=O)[C@H](Cc2c[nH]c3ccccc23)CC(=O)[C@H](CCCN=C(N)N)CC(=O)[C@@H](Cc2cccc(Cl)c2)NC(=O)[C@H](CN)NC1=O. The molecule has 0 aliphatic carbocycles. The molecule has 1 aromatic heterocycles. The maximum atomic E-state index is 14.7. The molecule has 2 heterocycles. The molecule has 0 saturated carbocycles. The highest BCUT2D eigenvalue weighted by Crippen LogP contribution is 2.26. The van der Waals surface area contributed by atoms with Gasteiger partial charge in [0.25, 0.3) is 0 Å². The molecule has 18 N–H and O–H groups in total. The maximum absolute atomic E-state index is 14.7. The molecule has 0 unspecified atom stereocenters. The number of aromatic amines is 1. The van der Waals surface area contributed by atoms with E-state index in [-0.39, 0.29) is 114 Å². The van der Waals surface area contributed by atoms with Crippen LogP contribution in [0, 0.1) is 11.8 Å². The van der Waals surface area contributed by atoms with Crippen molar-refractivity contribution in [2.45, 2.75) is 127 Å². The highest BCUT2D eigenvalue weighted by atomic mass is 35.5. The van der Waals surface area contributed by atoms with Crippen LogP contribution in [0.1, 0.15) is 95.1 Å². The number of halogens is 1. The molecule has 2 aromatic carbocycles. The van der Waals surface area contributed by atoms with E-state index in [2.05, 4.69) is 41.6 Å². The zero-order valence-electron chi connectivity index (χ0n) is 41.7. The number of aromatic nitrogens is 1. The van der Waals surface area contributed by atoms with Gasteiger partial charge in [-0.2, -0.15) is 0 Å². The smallest absolute Gasteiger partial charge is 0.244 e. The minimum absolute atomic E-state index is 0.0147. The van der Waals surface area contributed by atoms with Crippen LogP contribution >= 0.6 is 11.6 Å². The normalized spacial score (nSPS) is 21.6. The van der Waals surface area contributed by atoms with E-state index >= 15 is 0 Å². The van der Waals surface area contributed by atoms with E-state index in [1.54, 1.807) is 30.5 Å². The minimum atomic E-state index is -1.49. The average molecular weight is 1050 g/mol. The zero-order chi connectivity index (χ0) is 54.3. The summed E-state index contributed by atoms with van der Waals surface area (Å²) in [5, 5.41) is 14.3. The number of benzene rings is 2. The third-order valence-electron chi connectivity index (χ3n) is 12.6. The number of carbonyl (C=O) groups is 9. The number of hydrogen-bond acceptors (Lipinski definition) is 12. The van der Waals surface area contributed by atoms with Crippen LogP contribution in [0.15, 0.2) is 64.7 Å². The number of nitrogens with zero attached hydrogens (tertiary/aromatic N) is 2. The molecule has 1 aliphatic rings. The average Bonchev–Trinajstić information content (AvgIpc) is 3.75. The van der Waals surface area contributed by atoms with Crippen molar-refractivity contribution in [3.05, 3.63) is 70.9 Å². The molecule has 4 rings (SSSR count). The number of ketones is 3. The molecule has 74 heavy (non-hydrogen) atoms. The Morgan fingerprint density at radius 1 is 0.757 bits per heavy atom. The van der Waals surface area contributed by atoms with E-state index in [4.69, 9.17) is 46.0 Å². The highest BCUT2D eigenvalue weighted by Gasteiger charge is 2.35. The molecular formula is C50H71ClN14O9. The first-order chi connectivity index (χ1) is 35.2. The van der Waals surface area contributed by atoms with E-state index < -0.39 is 102 Å². The van der Waals surface area contributed by atoms with Crippen molar-refractivity contribution < 1.29 is 43.2 Å². The van der Waals surface area contributed by atoms with Gasteiger partial charge >= 0.3 is 0 Å². The van der Waals surface area contributed by atoms with Gasteiger partial charge < -0.3 is 66.0 Å². The number of nitrogens with two attached hydrogens (primary N) is 6. The number of carbonyl (C=O) groups excluding carboxylic acids is 9. The Bertz CT molecular complexity index is 2530. The largest absolute Gasteiger partial charge is 0.370 e. The summed E-state index contributed by atoms with van der Waals surface area (Å²) in [5.74, 6) is -8.36. The van der Waals surface area contributed by atoms with Gasteiger partial charge in [-0.3, -0.25) is 53.1 Å². The first-order valence-corrected chi connectivity index (χ1v) is 25.1. The van der Waals surface area contributed by atoms with Crippen LogP contribution < -0.4 is 61.0 Å². The standard InChI is InChI=1S/C50H71ClN14O9/c1-28(66)61-38(16-8-20-59-50(56)57)46(72)63-39-18-17-34(67)12-2-4-15-37(44(53)70)62-45(71)31(23-32-27-60-36-14-5-3-13-35(32)36)25-42(68)30(10-7-19-58-49(54)55)24-43(69)40(22-29-9-6-11-33(51)21-29)64-48(74)41(26-52)65-47(39)73/h3,5-6,9,11,13-14,21,27,30-31,37-41,60H,2,4,7-8,10,12,15-20,22-26,52H2,1H3,(H2,53,70)(H,61,66)(H,62,71)(H,63,72)(H,64,74)(H,65,73)(H4,54,55,58)(H4,56,57,59)/t30-,31-,37+,38+,39+,40-,41+/m1/s1. The van der Waals surface area contributed by atoms with Gasteiger partial charge in [-0.25, -0.2) is 0 Å². The predicted molar refractivity (Wildman–Crippen MR) is 279 cm³/mol. The molecule has 0 bridgehead atoms. The van der Waals surface area contributed by atoms with E-state index in [0.717, 1.165) is 16.5 Å². The van der Waals surface area contributed by atoms with Crippen LogP contribution in [-0.2, 0) is 56.0 Å². The van der Waals surface area contributed by atoms with E-state index in [0.29, 0.717) is 10.6 Å². The second-order valence-electron chi connectivity index (χ2n) is 18.5. The Kier molecular flexibility index (Phi) is 23.9. The van der Waals surface area contributed by atoms with E-state index in [1.807, 2.05) is 24.3 Å². The van der Waals surface area contributed by atoms with E-state index in [1.165, 1.54) is 6.92 Å². The lowest BCUT2D eigenvalue weighted by atomic mass is 9.83. The van der Waals surface area contributed by atoms with Crippen molar-refractivity contribution in [2.24, 2.45) is 56.2 Å². The Hall–Kier alpha value is -7.40. The molecule has 1 fully saturated rings. The Morgan fingerprint density at radius 3 is 2.12 bits per heavy atom. The number of para-hydroxylation sites is 1. The molecule has 1 saturated heterocycles. The Balaban J connectivity index is 1.75. The number of guanidine groups is 2. The third-order valence-corrected chi connectivity index (χ3v) is 12.8. The van der Waals surface area contributed by atoms with Crippen LogP contribution in [0.25, 0.3) is 10.9 Å². The number of hydrogen-bond donors (Lipinski definition) is 12. The van der Waals surface area contributed by atoms with Gasteiger partial charge in [-0.05, 0) is 87.1 Å². The van der Waals surface area contributed by atoms with Crippen molar-refractivity contribution in [3.8, 4) is 0 Å². The summed E-state index contributed by atoms with van der Waals surface area (Å²) in [6, 6.07) is 7.39. The predicted octanol–water partition coefficient (Wildman–Crippen LogP) is -0.324. The van der Waals surface area contributed by atoms with Crippen molar-refractivity contribution in [1.29, 1.82) is 0 Å². The van der Waals surface area contributed by atoms with Crippen LogP contribution in [0.3, 0.4) is 0 Å². The fourth-order valence-electron chi connectivity index (χ4n) is 8.70. The second kappa shape index (κ2) is 30.0.